The molecule has 1 atom stereocenters. The number of carbonyl (C=O) groups excluding carboxylic acids is 1. The molecule has 10 heteroatoms. The minimum absolute atomic E-state index is 0.00418. The second kappa shape index (κ2) is 10.7. The summed E-state index contributed by atoms with van der Waals surface area (Å²) in [5.74, 6) is 1.85. The number of nitrogens with one attached hydrogen (secondary N) is 1. The SMILES string of the molecule is COc1cccc(CSc2nnc(C(C)NC(=O)CC(C)(C)C)n2-c2ccc([N+](=O)[O-])cc2)c1. The van der Waals surface area contributed by atoms with Crippen molar-refractivity contribution in [3.05, 3.63) is 70.0 Å². The van der Waals surface area contributed by atoms with Crippen molar-refractivity contribution in [1.82, 2.24) is 20.1 Å². The van der Waals surface area contributed by atoms with E-state index in [9.17, 15) is 14.9 Å². The smallest absolute Gasteiger partial charge is 0.269 e. The van der Waals surface area contributed by atoms with E-state index in [-0.39, 0.29) is 17.0 Å². The van der Waals surface area contributed by atoms with Crippen molar-refractivity contribution in [1.29, 1.82) is 0 Å². The lowest BCUT2D eigenvalue weighted by atomic mass is 9.92. The van der Waals surface area contributed by atoms with Crippen molar-refractivity contribution in [2.75, 3.05) is 7.11 Å². The summed E-state index contributed by atoms with van der Waals surface area (Å²) in [6.45, 7) is 7.86. The van der Waals surface area contributed by atoms with Gasteiger partial charge in [-0.1, -0.05) is 44.7 Å². The third-order valence-corrected chi connectivity index (χ3v) is 5.93. The zero-order valence-electron chi connectivity index (χ0n) is 19.9. The predicted molar refractivity (Wildman–Crippen MR) is 131 cm³/mol. The number of non-ortho nitro benzene ring substituents is 1. The zero-order chi connectivity index (χ0) is 24.9. The summed E-state index contributed by atoms with van der Waals surface area (Å²) in [7, 11) is 1.62. The number of carbonyl (C=O) groups is 1. The van der Waals surface area contributed by atoms with Crippen LogP contribution in [0.5, 0.6) is 5.75 Å². The van der Waals surface area contributed by atoms with Gasteiger partial charge < -0.3 is 10.1 Å². The molecule has 3 aromatic rings. The molecule has 0 saturated heterocycles. The van der Waals surface area contributed by atoms with Crippen LogP contribution in [0.1, 0.15) is 51.5 Å². The Morgan fingerprint density at radius 2 is 1.91 bits per heavy atom. The van der Waals surface area contributed by atoms with Gasteiger partial charge in [0.15, 0.2) is 11.0 Å². The molecule has 180 valence electrons. The number of nitro groups is 1. The Labute approximate surface area is 203 Å². The van der Waals surface area contributed by atoms with Gasteiger partial charge >= 0.3 is 0 Å². The molecule has 3 rings (SSSR count). The maximum atomic E-state index is 12.5. The lowest BCUT2D eigenvalue weighted by molar-refractivity contribution is -0.384. The molecule has 34 heavy (non-hydrogen) atoms. The van der Waals surface area contributed by atoms with E-state index in [0.717, 1.165) is 11.3 Å². The minimum Gasteiger partial charge on any atom is -0.497 e. The van der Waals surface area contributed by atoms with E-state index in [1.54, 1.807) is 19.2 Å². The highest BCUT2D eigenvalue weighted by molar-refractivity contribution is 7.98. The maximum Gasteiger partial charge on any atom is 0.269 e. The Morgan fingerprint density at radius 3 is 2.53 bits per heavy atom. The summed E-state index contributed by atoms with van der Waals surface area (Å²) in [6.07, 6.45) is 0.375. The Balaban J connectivity index is 1.91. The third kappa shape index (κ3) is 6.57. The Bertz CT molecular complexity index is 1150. The molecule has 1 unspecified atom stereocenters. The molecule has 0 spiro atoms. The number of hydrogen-bond donors (Lipinski definition) is 1. The van der Waals surface area contributed by atoms with E-state index >= 15 is 0 Å². The van der Waals surface area contributed by atoms with Gasteiger partial charge in [0.1, 0.15) is 5.75 Å². The molecule has 1 aromatic heterocycles. The molecule has 0 aliphatic heterocycles. The van der Waals surface area contributed by atoms with Crippen molar-refractivity contribution >= 4 is 23.4 Å². The topological polar surface area (TPSA) is 112 Å². The van der Waals surface area contributed by atoms with Gasteiger partial charge in [-0.05, 0) is 42.2 Å². The zero-order valence-corrected chi connectivity index (χ0v) is 20.8. The van der Waals surface area contributed by atoms with Crippen LogP contribution in [-0.4, -0.2) is 32.7 Å². The second-order valence-electron chi connectivity index (χ2n) is 9.12. The van der Waals surface area contributed by atoms with Crippen molar-refractivity contribution in [3.63, 3.8) is 0 Å². The van der Waals surface area contributed by atoms with E-state index in [2.05, 4.69) is 15.5 Å². The van der Waals surface area contributed by atoms with Crippen molar-refractivity contribution in [2.45, 2.75) is 51.1 Å². The predicted octanol–water partition coefficient (Wildman–Crippen LogP) is 5.09. The average Bonchev–Trinajstić information content (AvgIpc) is 3.20. The third-order valence-electron chi connectivity index (χ3n) is 4.93. The summed E-state index contributed by atoms with van der Waals surface area (Å²) in [6, 6.07) is 13.5. The molecule has 0 fully saturated rings. The number of aromatic nitrogens is 3. The normalized spacial score (nSPS) is 12.3. The van der Waals surface area contributed by atoms with Crippen molar-refractivity contribution in [3.8, 4) is 11.4 Å². The lowest BCUT2D eigenvalue weighted by Crippen LogP contribution is -2.31. The monoisotopic (exact) mass is 483 g/mol. The van der Waals surface area contributed by atoms with Crippen LogP contribution in [0.25, 0.3) is 5.69 Å². The van der Waals surface area contributed by atoms with Crippen LogP contribution in [-0.2, 0) is 10.5 Å². The Morgan fingerprint density at radius 1 is 1.21 bits per heavy atom. The fourth-order valence-electron chi connectivity index (χ4n) is 3.37. The van der Waals surface area contributed by atoms with Gasteiger partial charge in [-0.2, -0.15) is 0 Å². The van der Waals surface area contributed by atoms with E-state index < -0.39 is 11.0 Å². The lowest BCUT2D eigenvalue weighted by Gasteiger charge is -2.20. The molecule has 2 aromatic carbocycles. The summed E-state index contributed by atoms with van der Waals surface area (Å²) < 4.78 is 7.13. The second-order valence-corrected chi connectivity index (χ2v) is 10.1. The molecule has 0 aliphatic rings. The van der Waals surface area contributed by atoms with Gasteiger partial charge in [-0.3, -0.25) is 19.5 Å². The van der Waals surface area contributed by atoms with Gasteiger partial charge in [-0.15, -0.1) is 10.2 Å². The molecule has 0 saturated carbocycles. The quantitative estimate of drug-likeness (QED) is 0.256. The number of hydrogen-bond acceptors (Lipinski definition) is 7. The van der Waals surface area contributed by atoms with Crippen LogP contribution in [0.15, 0.2) is 53.7 Å². The molecular weight excluding hydrogens is 454 g/mol. The summed E-state index contributed by atoms with van der Waals surface area (Å²) in [4.78, 5) is 23.2. The van der Waals surface area contributed by atoms with Gasteiger partial charge in [0, 0.05) is 30.0 Å². The first-order chi connectivity index (χ1) is 16.1. The van der Waals surface area contributed by atoms with Gasteiger partial charge in [0.25, 0.3) is 5.69 Å². The average molecular weight is 484 g/mol. The first kappa shape index (κ1) is 25.2. The number of ether oxygens (including phenoxy) is 1. The maximum absolute atomic E-state index is 12.5. The minimum atomic E-state index is -0.440. The van der Waals surface area contributed by atoms with Crippen LogP contribution in [0, 0.1) is 15.5 Å². The molecule has 0 radical (unpaired) electrons. The molecule has 1 amide bonds. The van der Waals surface area contributed by atoms with Crippen LogP contribution in [0.2, 0.25) is 0 Å². The van der Waals surface area contributed by atoms with E-state index in [1.165, 1.54) is 23.9 Å². The molecular formula is C24H29N5O4S. The highest BCUT2D eigenvalue weighted by Crippen LogP contribution is 2.29. The number of thioether (sulfide) groups is 1. The first-order valence-electron chi connectivity index (χ1n) is 10.8. The number of benzene rings is 2. The van der Waals surface area contributed by atoms with Crippen LogP contribution < -0.4 is 10.1 Å². The number of amides is 1. The Kier molecular flexibility index (Phi) is 7.93. The molecule has 0 bridgehead atoms. The highest BCUT2D eigenvalue weighted by atomic mass is 32.2. The van der Waals surface area contributed by atoms with Crippen LogP contribution in [0.3, 0.4) is 0 Å². The van der Waals surface area contributed by atoms with Crippen molar-refractivity contribution < 1.29 is 14.5 Å². The number of rotatable bonds is 9. The fourth-order valence-corrected chi connectivity index (χ4v) is 4.27. The fraction of sp³-hybridized carbons (Fsp3) is 0.375. The van der Waals surface area contributed by atoms with E-state index in [4.69, 9.17) is 4.74 Å². The van der Waals surface area contributed by atoms with Gasteiger partial charge in [-0.25, -0.2) is 0 Å². The summed E-state index contributed by atoms with van der Waals surface area (Å²) in [5.41, 5.74) is 1.58. The van der Waals surface area contributed by atoms with E-state index in [0.29, 0.717) is 28.8 Å². The van der Waals surface area contributed by atoms with Gasteiger partial charge in [0.2, 0.25) is 5.91 Å². The van der Waals surface area contributed by atoms with E-state index in [1.807, 2.05) is 56.5 Å². The standard InChI is InChI=1S/C24H29N5O4S/c1-16(25-21(30)14-24(2,3)4)22-26-27-23(34-15-17-7-6-8-20(13-17)33-5)28(22)18-9-11-19(12-10-18)29(31)32/h6-13,16H,14-15H2,1-5H3,(H,25,30). The van der Waals surface area contributed by atoms with Crippen LogP contribution in [0.4, 0.5) is 5.69 Å². The van der Waals surface area contributed by atoms with Crippen LogP contribution >= 0.6 is 11.8 Å². The number of methoxy groups -OCH3 is 1. The summed E-state index contributed by atoms with van der Waals surface area (Å²) >= 11 is 1.48. The van der Waals surface area contributed by atoms with Crippen molar-refractivity contribution in [2.24, 2.45) is 5.41 Å². The summed E-state index contributed by atoms with van der Waals surface area (Å²) in [5, 5.41) is 23.4. The number of nitrogens with zero attached hydrogens (tertiary/aromatic N) is 4. The van der Waals surface area contributed by atoms with Gasteiger partial charge in [0.05, 0.1) is 18.1 Å². The molecule has 1 heterocycles. The largest absolute Gasteiger partial charge is 0.497 e. The molecule has 9 nitrogen and oxygen atoms in total. The number of nitro benzene ring substituents is 1. The molecule has 0 aliphatic carbocycles. The highest BCUT2D eigenvalue weighted by Gasteiger charge is 2.23. The molecule has 1 N–H and O–H groups in total. The Hall–Kier alpha value is -3.40. The first-order valence-corrected chi connectivity index (χ1v) is 11.8.